The van der Waals surface area contributed by atoms with Gasteiger partial charge in [0.15, 0.2) is 0 Å². The van der Waals surface area contributed by atoms with E-state index in [2.05, 4.69) is 27.7 Å². The number of hydrogen-bond acceptors (Lipinski definition) is 4. The Morgan fingerprint density at radius 3 is 2.30 bits per heavy atom. The fourth-order valence-electron chi connectivity index (χ4n) is 3.04. The van der Waals surface area contributed by atoms with E-state index in [0.29, 0.717) is 25.9 Å². The Morgan fingerprint density at radius 2 is 1.70 bits per heavy atom. The largest absolute Gasteiger partial charge is 0.368 e. The van der Waals surface area contributed by atoms with Crippen molar-refractivity contribution in [3.8, 4) is 0 Å². The molecule has 0 spiro atoms. The third-order valence-corrected chi connectivity index (χ3v) is 4.58. The summed E-state index contributed by atoms with van der Waals surface area (Å²) in [4.78, 5) is 28.4. The second-order valence-corrected chi connectivity index (χ2v) is 6.56. The molecular formula is C19H32Cl2N4O2. The Kier molecular flexibility index (Phi) is 12.9. The highest BCUT2D eigenvalue weighted by atomic mass is 35.5. The van der Waals surface area contributed by atoms with Crippen molar-refractivity contribution in [3.05, 3.63) is 30.3 Å². The number of rotatable bonds is 8. The predicted molar refractivity (Wildman–Crippen MR) is 115 cm³/mol. The first-order valence-electron chi connectivity index (χ1n) is 9.12. The van der Waals surface area contributed by atoms with E-state index in [0.717, 1.165) is 26.2 Å². The molecule has 2 rings (SSSR count). The van der Waals surface area contributed by atoms with Crippen LogP contribution in [0.2, 0.25) is 0 Å². The Hall–Kier alpha value is -1.50. The number of amides is 2. The smallest absolute Gasteiger partial charge is 0.224 e. The molecule has 154 valence electrons. The number of piperazine rings is 1. The summed E-state index contributed by atoms with van der Waals surface area (Å²) < 4.78 is 0. The van der Waals surface area contributed by atoms with Gasteiger partial charge < -0.3 is 20.4 Å². The van der Waals surface area contributed by atoms with Crippen molar-refractivity contribution in [2.45, 2.75) is 19.8 Å². The summed E-state index contributed by atoms with van der Waals surface area (Å²) in [5, 5.41) is 5.89. The molecule has 0 aliphatic carbocycles. The van der Waals surface area contributed by atoms with Crippen molar-refractivity contribution in [2.24, 2.45) is 5.92 Å². The number of nitrogens with one attached hydrogen (secondary N) is 2. The maximum absolute atomic E-state index is 12.3. The van der Waals surface area contributed by atoms with E-state index >= 15 is 0 Å². The number of carbonyl (C=O) groups is 2. The highest BCUT2D eigenvalue weighted by molar-refractivity contribution is 5.85. The standard InChI is InChI=1S/C19H30N4O2.2ClH/c1-16(15-20-2)19(25)21-10-6-9-18(24)23-13-11-22(12-14-23)17-7-4-3-5-8-17;;/h3-5,7-8,16,20H,6,9-15H2,1-2H3,(H,21,25);2*1H. The van der Waals surface area contributed by atoms with Crippen LogP contribution in [-0.4, -0.2) is 63.0 Å². The number of halogens is 2. The van der Waals surface area contributed by atoms with E-state index in [4.69, 9.17) is 0 Å². The van der Waals surface area contributed by atoms with Crippen molar-refractivity contribution in [3.63, 3.8) is 0 Å². The van der Waals surface area contributed by atoms with E-state index in [1.54, 1.807) is 0 Å². The molecule has 2 N–H and O–H groups in total. The number of benzene rings is 1. The van der Waals surface area contributed by atoms with Gasteiger partial charge in [0.1, 0.15) is 0 Å². The summed E-state index contributed by atoms with van der Waals surface area (Å²) >= 11 is 0. The Balaban J connectivity index is 0.00000338. The molecule has 1 aromatic carbocycles. The van der Waals surface area contributed by atoms with E-state index in [9.17, 15) is 9.59 Å². The van der Waals surface area contributed by atoms with Crippen molar-refractivity contribution in [2.75, 3.05) is 51.2 Å². The van der Waals surface area contributed by atoms with Gasteiger partial charge in [0.25, 0.3) is 0 Å². The third kappa shape index (κ3) is 8.37. The number of hydrogen-bond donors (Lipinski definition) is 2. The molecule has 0 aromatic heterocycles. The number of carbonyl (C=O) groups excluding carboxylic acids is 2. The van der Waals surface area contributed by atoms with E-state index in [1.165, 1.54) is 5.69 Å². The van der Waals surface area contributed by atoms with Gasteiger partial charge in [-0.3, -0.25) is 9.59 Å². The van der Waals surface area contributed by atoms with Crippen molar-refractivity contribution in [1.82, 2.24) is 15.5 Å². The topological polar surface area (TPSA) is 64.7 Å². The molecule has 0 bridgehead atoms. The third-order valence-electron chi connectivity index (χ3n) is 4.58. The molecule has 1 heterocycles. The highest BCUT2D eigenvalue weighted by Gasteiger charge is 2.20. The molecule has 27 heavy (non-hydrogen) atoms. The second-order valence-electron chi connectivity index (χ2n) is 6.56. The van der Waals surface area contributed by atoms with Crippen LogP contribution in [0, 0.1) is 5.92 Å². The van der Waals surface area contributed by atoms with Crippen LogP contribution < -0.4 is 15.5 Å². The van der Waals surface area contributed by atoms with Gasteiger partial charge in [0.05, 0.1) is 0 Å². The highest BCUT2D eigenvalue weighted by Crippen LogP contribution is 2.16. The second kappa shape index (κ2) is 13.6. The Morgan fingerprint density at radius 1 is 1.07 bits per heavy atom. The van der Waals surface area contributed by atoms with Gasteiger partial charge in [-0.2, -0.15) is 0 Å². The zero-order valence-electron chi connectivity index (χ0n) is 16.1. The van der Waals surface area contributed by atoms with E-state index < -0.39 is 0 Å². The van der Waals surface area contributed by atoms with Gasteiger partial charge >= 0.3 is 0 Å². The van der Waals surface area contributed by atoms with Crippen molar-refractivity contribution in [1.29, 1.82) is 0 Å². The molecule has 0 radical (unpaired) electrons. The van der Waals surface area contributed by atoms with Crippen molar-refractivity contribution >= 4 is 42.3 Å². The first-order valence-corrected chi connectivity index (χ1v) is 9.12. The van der Waals surface area contributed by atoms with Gasteiger partial charge in [-0.1, -0.05) is 25.1 Å². The molecule has 1 aliphatic heterocycles. The fraction of sp³-hybridized carbons (Fsp3) is 0.579. The van der Waals surface area contributed by atoms with Gasteiger partial charge in [0.2, 0.25) is 11.8 Å². The normalized spacial score (nSPS) is 14.6. The van der Waals surface area contributed by atoms with Crippen LogP contribution in [0.15, 0.2) is 30.3 Å². The van der Waals surface area contributed by atoms with Crippen LogP contribution >= 0.6 is 24.8 Å². The van der Waals surface area contributed by atoms with Gasteiger partial charge in [-0.05, 0) is 25.6 Å². The zero-order valence-corrected chi connectivity index (χ0v) is 17.8. The average molecular weight is 419 g/mol. The van der Waals surface area contributed by atoms with E-state index in [-0.39, 0.29) is 42.5 Å². The van der Waals surface area contributed by atoms with Crippen molar-refractivity contribution < 1.29 is 9.59 Å². The number of para-hydroxylation sites is 1. The molecular weight excluding hydrogens is 387 g/mol. The molecule has 1 saturated heterocycles. The number of nitrogens with zero attached hydrogens (tertiary/aromatic N) is 2. The first-order chi connectivity index (χ1) is 12.1. The minimum atomic E-state index is -0.0493. The van der Waals surface area contributed by atoms with Crippen LogP contribution in [-0.2, 0) is 9.59 Å². The summed E-state index contributed by atoms with van der Waals surface area (Å²) in [5.41, 5.74) is 1.22. The lowest BCUT2D eigenvalue weighted by atomic mass is 10.1. The van der Waals surface area contributed by atoms with Crippen LogP contribution in [0.1, 0.15) is 19.8 Å². The van der Waals surface area contributed by atoms with Crippen LogP contribution in [0.4, 0.5) is 5.69 Å². The molecule has 6 nitrogen and oxygen atoms in total. The van der Waals surface area contributed by atoms with Gasteiger partial charge in [0, 0.05) is 57.3 Å². The molecule has 8 heteroatoms. The van der Waals surface area contributed by atoms with Crippen LogP contribution in [0.5, 0.6) is 0 Å². The molecule has 1 aromatic rings. The summed E-state index contributed by atoms with van der Waals surface area (Å²) in [6.45, 7) is 6.38. The quantitative estimate of drug-likeness (QED) is 0.633. The lowest BCUT2D eigenvalue weighted by Crippen LogP contribution is -2.48. The Bertz CT molecular complexity index is 552. The number of anilines is 1. The summed E-state index contributed by atoms with van der Waals surface area (Å²) in [6, 6.07) is 10.3. The van der Waals surface area contributed by atoms with Crippen LogP contribution in [0.25, 0.3) is 0 Å². The summed E-state index contributed by atoms with van der Waals surface area (Å²) in [6.07, 6.45) is 1.18. The molecule has 1 atom stereocenters. The van der Waals surface area contributed by atoms with Gasteiger partial charge in [-0.25, -0.2) is 0 Å². The predicted octanol–water partition coefficient (Wildman–Crippen LogP) is 1.93. The molecule has 2 amide bonds. The van der Waals surface area contributed by atoms with Gasteiger partial charge in [-0.15, -0.1) is 24.8 Å². The molecule has 1 fully saturated rings. The van der Waals surface area contributed by atoms with Crippen LogP contribution in [0.3, 0.4) is 0 Å². The monoisotopic (exact) mass is 418 g/mol. The fourth-order valence-corrected chi connectivity index (χ4v) is 3.04. The summed E-state index contributed by atoms with van der Waals surface area (Å²) in [7, 11) is 1.83. The maximum Gasteiger partial charge on any atom is 0.224 e. The molecule has 1 unspecified atom stereocenters. The minimum absolute atomic E-state index is 0. The van der Waals surface area contributed by atoms with E-state index in [1.807, 2.05) is 37.1 Å². The maximum atomic E-state index is 12.3. The average Bonchev–Trinajstić information content (AvgIpc) is 2.66. The first kappa shape index (κ1) is 25.5. The lowest BCUT2D eigenvalue weighted by Gasteiger charge is -2.36. The zero-order chi connectivity index (χ0) is 18.1. The summed E-state index contributed by atoms with van der Waals surface area (Å²) in [5.74, 6) is 0.176. The molecule has 0 saturated carbocycles. The minimum Gasteiger partial charge on any atom is -0.368 e. The Labute approximate surface area is 174 Å². The molecule has 1 aliphatic rings. The lowest BCUT2D eigenvalue weighted by molar-refractivity contribution is -0.132. The SMILES string of the molecule is CNCC(C)C(=O)NCCCC(=O)N1CCN(c2ccccc2)CC1.Cl.Cl.